The van der Waals surface area contributed by atoms with Gasteiger partial charge in [0.1, 0.15) is 6.61 Å². The normalized spacial score (nSPS) is 10.7. The molecular formula is C17H19ClFNO. The van der Waals surface area contributed by atoms with Crippen molar-refractivity contribution in [2.75, 3.05) is 6.54 Å². The molecule has 0 atom stereocenters. The Morgan fingerprint density at radius 3 is 2.67 bits per heavy atom. The fraction of sp³-hybridized carbons (Fsp3) is 0.294. The zero-order valence-corrected chi connectivity index (χ0v) is 13.0. The maximum atomic E-state index is 14.0. The Labute approximate surface area is 129 Å². The highest BCUT2D eigenvalue weighted by Gasteiger charge is 2.07. The van der Waals surface area contributed by atoms with Crippen LogP contribution in [0, 0.1) is 12.7 Å². The van der Waals surface area contributed by atoms with Crippen molar-refractivity contribution in [1.29, 1.82) is 0 Å². The molecule has 0 saturated carbocycles. The minimum Gasteiger partial charge on any atom is -0.486 e. The second-order valence-electron chi connectivity index (χ2n) is 4.93. The first-order chi connectivity index (χ1) is 10.1. The lowest BCUT2D eigenvalue weighted by atomic mass is 10.1. The van der Waals surface area contributed by atoms with Crippen molar-refractivity contribution in [3.8, 4) is 5.75 Å². The van der Waals surface area contributed by atoms with Crippen LogP contribution in [0.4, 0.5) is 4.39 Å². The molecule has 0 aromatic heterocycles. The Kier molecular flexibility index (Phi) is 5.59. The molecule has 0 fully saturated rings. The van der Waals surface area contributed by atoms with Crippen molar-refractivity contribution < 1.29 is 9.13 Å². The molecule has 0 saturated heterocycles. The number of hydrogen-bond acceptors (Lipinski definition) is 2. The van der Waals surface area contributed by atoms with Gasteiger partial charge in [-0.05, 0) is 42.8 Å². The lowest BCUT2D eigenvalue weighted by molar-refractivity contribution is 0.290. The third kappa shape index (κ3) is 4.45. The van der Waals surface area contributed by atoms with Crippen LogP contribution >= 0.6 is 11.6 Å². The van der Waals surface area contributed by atoms with Gasteiger partial charge in [0.25, 0.3) is 0 Å². The quantitative estimate of drug-likeness (QED) is 0.850. The summed E-state index contributed by atoms with van der Waals surface area (Å²) in [5, 5.41) is 3.80. The lowest BCUT2D eigenvalue weighted by Crippen LogP contribution is -2.11. The SMILES string of the molecule is CCNCc1ccc(OCc2ccc(C)cc2Cl)c(F)c1. The predicted molar refractivity (Wildman–Crippen MR) is 84.3 cm³/mol. The Morgan fingerprint density at radius 2 is 2.00 bits per heavy atom. The topological polar surface area (TPSA) is 21.3 Å². The van der Waals surface area contributed by atoms with Crippen molar-refractivity contribution in [2.45, 2.75) is 27.0 Å². The average molecular weight is 308 g/mol. The van der Waals surface area contributed by atoms with E-state index >= 15 is 0 Å². The summed E-state index contributed by atoms with van der Waals surface area (Å²) in [5.41, 5.74) is 2.83. The third-order valence-corrected chi connectivity index (χ3v) is 3.52. The molecule has 0 aliphatic rings. The second kappa shape index (κ2) is 7.43. The average Bonchev–Trinajstić information content (AvgIpc) is 2.45. The van der Waals surface area contributed by atoms with Gasteiger partial charge in [0, 0.05) is 17.1 Å². The van der Waals surface area contributed by atoms with Crippen LogP contribution in [0.3, 0.4) is 0 Å². The molecule has 0 aliphatic carbocycles. The van der Waals surface area contributed by atoms with Crippen LogP contribution in [0.25, 0.3) is 0 Å². The molecule has 112 valence electrons. The van der Waals surface area contributed by atoms with E-state index in [0.29, 0.717) is 11.6 Å². The highest BCUT2D eigenvalue weighted by Crippen LogP contribution is 2.23. The molecule has 0 aliphatic heterocycles. The summed E-state index contributed by atoms with van der Waals surface area (Å²) in [4.78, 5) is 0. The van der Waals surface area contributed by atoms with E-state index in [1.54, 1.807) is 6.07 Å². The van der Waals surface area contributed by atoms with E-state index in [9.17, 15) is 4.39 Å². The van der Waals surface area contributed by atoms with Gasteiger partial charge in [-0.1, -0.05) is 36.7 Å². The summed E-state index contributed by atoms with van der Waals surface area (Å²) in [6, 6.07) is 10.7. The molecule has 0 spiro atoms. The smallest absolute Gasteiger partial charge is 0.165 e. The second-order valence-corrected chi connectivity index (χ2v) is 5.34. The molecule has 0 bridgehead atoms. The van der Waals surface area contributed by atoms with Crippen molar-refractivity contribution in [3.63, 3.8) is 0 Å². The molecular weight excluding hydrogens is 289 g/mol. The highest BCUT2D eigenvalue weighted by molar-refractivity contribution is 6.31. The van der Waals surface area contributed by atoms with Crippen LogP contribution in [0.1, 0.15) is 23.6 Å². The van der Waals surface area contributed by atoms with Crippen LogP contribution in [0.2, 0.25) is 5.02 Å². The molecule has 2 nitrogen and oxygen atoms in total. The summed E-state index contributed by atoms with van der Waals surface area (Å²) in [6.45, 7) is 5.74. The van der Waals surface area contributed by atoms with E-state index in [4.69, 9.17) is 16.3 Å². The number of ether oxygens (including phenoxy) is 1. The van der Waals surface area contributed by atoms with Crippen molar-refractivity contribution >= 4 is 11.6 Å². The van der Waals surface area contributed by atoms with Gasteiger partial charge in [0.15, 0.2) is 11.6 Å². The summed E-state index contributed by atoms with van der Waals surface area (Å²) < 4.78 is 19.5. The van der Waals surface area contributed by atoms with E-state index in [0.717, 1.165) is 23.2 Å². The van der Waals surface area contributed by atoms with Gasteiger partial charge in [-0.2, -0.15) is 0 Å². The molecule has 21 heavy (non-hydrogen) atoms. The fourth-order valence-corrected chi connectivity index (χ4v) is 2.26. The molecule has 0 heterocycles. The number of rotatable bonds is 6. The van der Waals surface area contributed by atoms with Crippen molar-refractivity contribution in [3.05, 3.63) is 63.9 Å². The van der Waals surface area contributed by atoms with Crippen LogP contribution in [0.5, 0.6) is 5.75 Å². The summed E-state index contributed by atoms with van der Waals surface area (Å²) >= 11 is 6.14. The maximum Gasteiger partial charge on any atom is 0.165 e. The molecule has 0 radical (unpaired) electrons. The molecule has 0 unspecified atom stereocenters. The predicted octanol–water partition coefficient (Wildman–Crippen LogP) is 4.48. The number of hydrogen-bond donors (Lipinski definition) is 1. The number of halogens is 2. The zero-order chi connectivity index (χ0) is 15.2. The minimum absolute atomic E-state index is 0.242. The first kappa shape index (κ1) is 15.8. The van der Waals surface area contributed by atoms with E-state index in [-0.39, 0.29) is 18.2 Å². The minimum atomic E-state index is -0.353. The van der Waals surface area contributed by atoms with Crippen molar-refractivity contribution in [1.82, 2.24) is 5.32 Å². The van der Waals surface area contributed by atoms with Gasteiger partial charge in [-0.3, -0.25) is 0 Å². The monoisotopic (exact) mass is 307 g/mol. The first-order valence-electron chi connectivity index (χ1n) is 6.97. The van der Waals surface area contributed by atoms with Gasteiger partial charge < -0.3 is 10.1 Å². The van der Waals surface area contributed by atoms with Gasteiger partial charge in [0.05, 0.1) is 0 Å². The number of benzene rings is 2. The Bertz CT molecular complexity index is 616. The van der Waals surface area contributed by atoms with Gasteiger partial charge in [-0.15, -0.1) is 0 Å². The standard InChI is InChI=1S/C17H19ClFNO/c1-3-20-10-13-5-7-17(16(19)9-13)21-11-14-6-4-12(2)8-15(14)18/h4-9,20H,3,10-11H2,1-2H3. The van der Waals surface area contributed by atoms with E-state index in [1.807, 2.05) is 38.1 Å². The Balaban J connectivity index is 2.02. The van der Waals surface area contributed by atoms with Crippen molar-refractivity contribution in [2.24, 2.45) is 0 Å². The molecule has 0 amide bonds. The van der Waals surface area contributed by atoms with Crippen LogP contribution in [0.15, 0.2) is 36.4 Å². The summed E-state index contributed by atoms with van der Waals surface area (Å²) in [7, 11) is 0. The Morgan fingerprint density at radius 1 is 1.19 bits per heavy atom. The van der Waals surface area contributed by atoms with E-state index < -0.39 is 0 Å². The molecule has 2 rings (SSSR count). The number of aryl methyl sites for hydroxylation is 1. The van der Waals surface area contributed by atoms with E-state index in [1.165, 1.54) is 6.07 Å². The maximum absolute atomic E-state index is 14.0. The Hall–Kier alpha value is -1.58. The third-order valence-electron chi connectivity index (χ3n) is 3.17. The molecule has 1 N–H and O–H groups in total. The summed E-state index contributed by atoms with van der Waals surface area (Å²) in [6.07, 6.45) is 0. The number of nitrogens with one attached hydrogen (secondary N) is 1. The molecule has 4 heteroatoms. The lowest BCUT2D eigenvalue weighted by Gasteiger charge is -2.10. The van der Waals surface area contributed by atoms with Gasteiger partial charge in [-0.25, -0.2) is 4.39 Å². The van der Waals surface area contributed by atoms with E-state index in [2.05, 4.69) is 5.32 Å². The van der Waals surface area contributed by atoms with Gasteiger partial charge in [0.2, 0.25) is 0 Å². The highest BCUT2D eigenvalue weighted by atomic mass is 35.5. The zero-order valence-electron chi connectivity index (χ0n) is 12.2. The van der Waals surface area contributed by atoms with Gasteiger partial charge >= 0.3 is 0 Å². The van der Waals surface area contributed by atoms with Crippen LogP contribution < -0.4 is 10.1 Å². The molecule has 2 aromatic rings. The van der Waals surface area contributed by atoms with Crippen LogP contribution in [-0.4, -0.2) is 6.54 Å². The fourth-order valence-electron chi connectivity index (χ4n) is 1.97. The van der Waals surface area contributed by atoms with Crippen LogP contribution in [-0.2, 0) is 13.2 Å². The largest absolute Gasteiger partial charge is 0.486 e. The first-order valence-corrected chi connectivity index (χ1v) is 7.35. The summed E-state index contributed by atoms with van der Waals surface area (Å²) in [5.74, 6) is -0.111. The molecule has 2 aromatic carbocycles.